The molecule has 0 atom stereocenters. The van der Waals surface area contributed by atoms with Crippen molar-refractivity contribution in [3.8, 4) is 0 Å². The molecule has 0 aliphatic carbocycles. The SMILES string of the molecule is COCc1cccc(NC(=O)C(=O)NCc2ccsc2)c1. The summed E-state index contributed by atoms with van der Waals surface area (Å²) < 4.78 is 5.02. The van der Waals surface area contributed by atoms with E-state index < -0.39 is 11.8 Å². The molecule has 1 heterocycles. The minimum absolute atomic E-state index is 0.347. The van der Waals surface area contributed by atoms with Crippen LogP contribution in [0, 0.1) is 0 Å². The van der Waals surface area contributed by atoms with E-state index in [2.05, 4.69) is 10.6 Å². The van der Waals surface area contributed by atoms with Gasteiger partial charge in [-0.25, -0.2) is 0 Å². The Morgan fingerprint density at radius 2 is 2.05 bits per heavy atom. The summed E-state index contributed by atoms with van der Waals surface area (Å²) in [5.41, 5.74) is 2.47. The summed E-state index contributed by atoms with van der Waals surface area (Å²) >= 11 is 1.54. The largest absolute Gasteiger partial charge is 0.380 e. The molecule has 0 spiro atoms. The molecule has 5 nitrogen and oxygen atoms in total. The Labute approximate surface area is 126 Å². The number of carbonyl (C=O) groups excluding carboxylic acids is 2. The van der Waals surface area contributed by atoms with Crippen molar-refractivity contribution in [3.05, 3.63) is 52.2 Å². The maximum Gasteiger partial charge on any atom is 0.313 e. The second-order valence-corrected chi connectivity index (χ2v) is 5.18. The first-order chi connectivity index (χ1) is 10.2. The van der Waals surface area contributed by atoms with Crippen molar-refractivity contribution in [1.29, 1.82) is 0 Å². The summed E-state index contributed by atoms with van der Waals surface area (Å²) in [5, 5.41) is 8.99. The normalized spacial score (nSPS) is 10.1. The third-order valence-electron chi connectivity index (χ3n) is 2.74. The second kappa shape index (κ2) is 7.56. The molecule has 0 aliphatic rings. The van der Waals surface area contributed by atoms with Crippen LogP contribution in [0.15, 0.2) is 41.1 Å². The molecule has 110 valence electrons. The van der Waals surface area contributed by atoms with Crippen LogP contribution in [0.4, 0.5) is 5.69 Å². The highest BCUT2D eigenvalue weighted by Crippen LogP contribution is 2.11. The van der Waals surface area contributed by atoms with E-state index >= 15 is 0 Å². The van der Waals surface area contributed by atoms with Crippen LogP contribution < -0.4 is 10.6 Å². The zero-order valence-corrected chi connectivity index (χ0v) is 12.4. The van der Waals surface area contributed by atoms with Crippen LogP contribution in [0.1, 0.15) is 11.1 Å². The van der Waals surface area contributed by atoms with Crippen molar-refractivity contribution in [2.24, 2.45) is 0 Å². The maximum atomic E-state index is 11.8. The number of benzene rings is 1. The Morgan fingerprint density at radius 3 is 2.76 bits per heavy atom. The molecule has 0 radical (unpaired) electrons. The number of anilines is 1. The quantitative estimate of drug-likeness (QED) is 0.832. The van der Waals surface area contributed by atoms with Crippen LogP contribution in [0.25, 0.3) is 0 Å². The molecule has 2 N–H and O–H groups in total. The average Bonchev–Trinajstić information content (AvgIpc) is 2.98. The van der Waals surface area contributed by atoms with Crippen LogP contribution in [0.5, 0.6) is 0 Å². The van der Waals surface area contributed by atoms with Crippen molar-refractivity contribution >= 4 is 28.8 Å². The molecule has 0 saturated heterocycles. The van der Waals surface area contributed by atoms with E-state index in [0.717, 1.165) is 11.1 Å². The van der Waals surface area contributed by atoms with Crippen LogP contribution >= 0.6 is 11.3 Å². The lowest BCUT2D eigenvalue weighted by Crippen LogP contribution is -2.34. The van der Waals surface area contributed by atoms with E-state index in [-0.39, 0.29) is 0 Å². The number of hydrogen-bond donors (Lipinski definition) is 2. The van der Waals surface area contributed by atoms with Crippen LogP contribution in [0.2, 0.25) is 0 Å². The lowest BCUT2D eigenvalue weighted by Gasteiger charge is -2.07. The number of rotatable bonds is 5. The van der Waals surface area contributed by atoms with E-state index in [9.17, 15) is 9.59 Å². The van der Waals surface area contributed by atoms with E-state index in [0.29, 0.717) is 18.8 Å². The van der Waals surface area contributed by atoms with Gasteiger partial charge in [0.05, 0.1) is 6.61 Å². The van der Waals surface area contributed by atoms with Gasteiger partial charge in [0.1, 0.15) is 0 Å². The van der Waals surface area contributed by atoms with Crippen LogP contribution in [-0.2, 0) is 27.5 Å². The molecule has 0 bridgehead atoms. The number of hydrogen-bond acceptors (Lipinski definition) is 4. The topological polar surface area (TPSA) is 67.4 Å². The van der Waals surface area contributed by atoms with Gasteiger partial charge in [0.2, 0.25) is 0 Å². The first-order valence-electron chi connectivity index (χ1n) is 6.37. The second-order valence-electron chi connectivity index (χ2n) is 4.40. The van der Waals surface area contributed by atoms with Gasteiger partial charge in [-0.3, -0.25) is 9.59 Å². The van der Waals surface area contributed by atoms with E-state index in [1.807, 2.05) is 22.9 Å². The smallest absolute Gasteiger partial charge is 0.313 e. The summed E-state index contributed by atoms with van der Waals surface area (Å²) in [6, 6.07) is 9.08. The third kappa shape index (κ3) is 4.70. The average molecular weight is 304 g/mol. The minimum Gasteiger partial charge on any atom is -0.380 e. The molecule has 21 heavy (non-hydrogen) atoms. The highest BCUT2D eigenvalue weighted by atomic mass is 32.1. The molecule has 1 aromatic heterocycles. The number of ether oxygens (including phenoxy) is 1. The summed E-state index contributed by atoms with van der Waals surface area (Å²) in [7, 11) is 1.60. The summed E-state index contributed by atoms with van der Waals surface area (Å²) in [6.45, 7) is 0.799. The van der Waals surface area contributed by atoms with Gasteiger partial charge < -0.3 is 15.4 Å². The lowest BCUT2D eigenvalue weighted by molar-refractivity contribution is -0.136. The van der Waals surface area contributed by atoms with Crippen molar-refractivity contribution in [3.63, 3.8) is 0 Å². The fraction of sp³-hybridized carbons (Fsp3) is 0.200. The Morgan fingerprint density at radius 1 is 1.19 bits per heavy atom. The van der Waals surface area contributed by atoms with E-state index in [1.165, 1.54) is 0 Å². The molecule has 2 rings (SSSR count). The number of amides is 2. The Hall–Kier alpha value is -2.18. The molecule has 1 aromatic carbocycles. The molecular weight excluding hydrogens is 288 g/mol. The van der Waals surface area contributed by atoms with Gasteiger partial charge in [0.25, 0.3) is 0 Å². The van der Waals surface area contributed by atoms with Gasteiger partial charge in [-0.1, -0.05) is 12.1 Å². The highest BCUT2D eigenvalue weighted by molar-refractivity contribution is 7.07. The molecule has 2 aromatic rings. The standard InChI is InChI=1S/C15H16N2O3S/c1-20-9-11-3-2-4-13(7-11)17-15(19)14(18)16-8-12-5-6-21-10-12/h2-7,10H,8-9H2,1H3,(H,16,18)(H,17,19). The Balaban J connectivity index is 1.88. The third-order valence-corrected chi connectivity index (χ3v) is 3.47. The predicted octanol–water partition coefficient (Wildman–Crippen LogP) is 2.15. The number of carbonyl (C=O) groups is 2. The minimum atomic E-state index is -0.681. The molecule has 2 amide bonds. The molecule has 6 heteroatoms. The Kier molecular flexibility index (Phi) is 5.48. The van der Waals surface area contributed by atoms with Gasteiger partial charge in [-0.15, -0.1) is 0 Å². The van der Waals surface area contributed by atoms with Crippen molar-refractivity contribution in [2.75, 3.05) is 12.4 Å². The molecule has 0 aliphatic heterocycles. The monoisotopic (exact) mass is 304 g/mol. The maximum absolute atomic E-state index is 11.8. The van der Waals surface area contributed by atoms with Crippen molar-refractivity contribution in [2.45, 2.75) is 13.2 Å². The van der Waals surface area contributed by atoms with Gasteiger partial charge in [-0.05, 0) is 40.1 Å². The van der Waals surface area contributed by atoms with E-state index in [1.54, 1.807) is 36.6 Å². The summed E-state index contributed by atoms with van der Waals surface area (Å²) in [6.07, 6.45) is 0. The Bertz CT molecular complexity index is 611. The van der Waals surface area contributed by atoms with Crippen molar-refractivity contribution < 1.29 is 14.3 Å². The summed E-state index contributed by atoms with van der Waals surface area (Å²) in [4.78, 5) is 23.5. The number of thiophene rings is 1. The van der Waals surface area contributed by atoms with Gasteiger partial charge in [0, 0.05) is 19.3 Å². The summed E-state index contributed by atoms with van der Waals surface area (Å²) in [5.74, 6) is -1.34. The van der Waals surface area contributed by atoms with Crippen LogP contribution in [-0.4, -0.2) is 18.9 Å². The zero-order chi connectivity index (χ0) is 15.1. The first-order valence-corrected chi connectivity index (χ1v) is 7.31. The van der Waals surface area contributed by atoms with Crippen LogP contribution in [0.3, 0.4) is 0 Å². The zero-order valence-electron chi connectivity index (χ0n) is 11.6. The highest BCUT2D eigenvalue weighted by Gasteiger charge is 2.13. The first kappa shape index (κ1) is 15.2. The molecular formula is C15H16N2O3S. The predicted molar refractivity (Wildman–Crippen MR) is 82.0 cm³/mol. The lowest BCUT2D eigenvalue weighted by atomic mass is 10.2. The van der Waals surface area contributed by atoms with Gasteiger partial charge in [-0.2, -0.15) is 11.3 Å². The van der Waals surface area contributed by atoms with Gasteiger partial charge >= 0.3 is 11.8 Å². The fourth-order valence-corrected chi connectivity index (χ4v) is 2.42. The number of methoxy groups -OCH3 is 1. The van der Waals surface area contributed by atoms with Gasteiger partial charge in [0.15, 0.2) is 0 Å². The fourth-order valence-electron chi connectivity index (χ4n) is 1.75. The molecule has 0 saturated carbocycles. The van der Waals surface area contributed by atoms with E-state index in [4.69, 9.17) is 4.74 Å². The van der Waals surface area contributed by atoms with Crippen molar-refractivity contribution in [1.82, 2.24) is 5.32 Å². The number of nitrogens with one attached hydrogen (secondary N) is 2. The molecule has 0 unspecified atom stereocenters. The molecule has 0 fully saturated rings.